The third-order valence-corrected chi connectivity index (χ3v) is 7.42. The zero-order chi connectivity index (χ0) is 21.1. The number of hydrogen-bond donors (Lipinski definition) is 2. The highest BCUT2D eigenvalue weighted by molar-refractivity contribution is 5.76. The Balaban J connectivity index is 0.000000687. The number of aryl methyl sites for hydroxylation is 1. The van der Waals surface area contributed by atoms with E-state index in [1.807, 2.05) is 6.92 Å². The van der Waals surface area contributed by atoms with Crippen LogP contribution in [0, 0.1) is 24.7 Å². The van der Waals surface area contributed by atoms with Gasteiger partial charge in [0.15, 0.2) is 0 Å². The van der Waals surface area contributed by atoms with Gasteiger partial charge in [-0.1, -0.05) is 12.8 Å². The maximum absolute atomic E-state index is 12.4. The van der Waals surface area contributed by atoms with Crippen molar-refractivity contribution in [2.75, 3.05) is 24.5 Å². The zero-order valence-corrected chi connectivity index (χ0v) is 17.6. The first-order valence-corrected chi connectivity index (χ1v) is 11.1. The maximum Gasteiger partial charge on any atom is 0.290 e. The Bertz CT molecular complexity index is 769. The normalized spacial score (nSPS) is 31.9. The predicted octanol–water partition coefficient (Wildman–Crippen LogP) is 2.17. The van der Waals surface area contributed by atoms with Crippen LogP contribution in [0.15, 0.2) is 12.4 Å². The van der Waals surface area contributed by atoms with E-state index in [0.29, 0.717) is 30.3 Å². The molecule has 4 atom stereocenters. The summed E-state index contributed by atoms with van der Waals surface area (Å²) in [5, 5.41) is 10.1. The molecular weight excluding hydrogens is 384 g/mol. The van der Waals surface area contributed by atoms with Crippen molar-refractivity contribution in [3.8, 4) is 0 Å². The van der Waals surface area contributed by atoms with Crippen molar-refractivity contribution in [2.24, 2.45) is 17.8 Å². The van der Waals surface area contributed by atoms with Crippen molar-refractivity contribution >= 4 is 18.2 Å². The zero-order valence-electron chi connectivity index (χ0n) is 17.6. The summed E-state index contributed by atoms with van der Waals surface area (Å²) in [5.74, 6) is 2.72. The lowest BCUT2D eigenvalue weighted by Crippen LogP contribution is -2.42. The minimum Gasteiger partial charge on any atom is -0.483 e. The number of nitrogens with zero attached hydrogens (tertiary/aromatic N) is 3. The summed E-state index contributed by atoms with van der Waals surface area (Å²) in [6, 6.07) is 0. The SMILES string of the molecule is Cc1nccnc1N1C[C@@H]2[C@H](CNC(=O)CC3CCCC3)[C@H]3CC[C@]2(C1)O3.O=CO. The predicted molar refractivity (Wildman–Crippen MR) is 111 cm³/mol. The average Bonchev–Trinajstić information content (AvgIpc) is 3.49. The number of aromatic nitrogens is 2. The summed E-state index contributed by atoms with van der Waals surface area (Å²) in [4.78, 5) is 32.1. The molecule has 1 aliphatic carbocycles. The van der Waals surface area contributed by atoms with E-state index in [1.54, 1.807) is 12.4 Å². The molecule has 1 amide bonds. The summed E-state index contributed by atoms with van der Waals surface area (Å²) < 4.78 is 6.51. The fourth-order valence-corrected chi connectivity index (χ4v) is 6.12. The van der Waals surface area contributed by atoms with E-state index in [9.17, 15) is 4.79 Å². The highest BCUT2D eigenvalue weighted by Crippen LogP contribution is 2.55. The molecule has 4 aliphatic rings. The summed E-state index contributed by atoms with van der Waals surface area (Å²) in [7, 11) is 0. The molecule has 8 nitrogen and oxygen atoms in total. The van der Waals surface area contributed by atoms with Crippen LogP contribution in [0.3, 0.4) is 0 Å². The quantitative estimate of drug-likeness (QED) is 0.709. The van der Waals surface area contributed by atoms with E-state index >= 15 is 0 Å². The van der Waals surface area contributed by atoms with Gasteiger partial charge in [0, 0.05) is 50.3 Å². The molecule has 30 heavy (non-hydrogen) atoms. The fourth-order valence-electron chi connectivity index (χ4n) is 6.12. The van der Waals surface area contributed by atoms with Gasteiger partial charge in [-0.05, 0) is 38.5 Å². The second kappa shape index (κ2) is 8.88. The first-order valence-electron chi connectivity index (χ1n) is 11.1. The molecule has 1 aromatic heterocycles. The van der Waals surface area contributed by atoms with Crippen LogP contribution in [0.2, 0.25) is 0 Å². The van der Waals surface area contributed by atoms with Crippen LogP contribution in [-0.2, 0) is 14.3 Å². The average molecular weight is 417 g/mol. The number of carbonyl (C=O) groups is 2. The van der Waals surface area contributed by atoms with Crippen molar-refractivity contribution < 1.29 is 19.4 Å². The lowest BCUT2D eigenvalue weighted by Gasteiger charge is -2.29. The van der Waals surface area contributed by atoms with Gasteiger partial charge in [-0.15, -0.1) is 0 Å². The summed E-state index contributed by atoms with van der Waals surface area (Å²) in [5.41, 5.74) is 0.931. The van der Waals surface area contributed by atoms with Gasteiger partial charge >= 0.3 is 0 Å². The second-order valence-electron chi connectivity index (χ2n) is 9.14. The lowest BCUT2D eigenvalue weighted by atomic mass is 9.73. The Morgan fingerprint density at radius 1 is 1.33 bits per heavy atom. The van der Waals surface area contributed by atoms with E-state index in [2.05, 4.69) is 20.2 Å². The largest absolute Gasteiger partial charge is 0.483 e. The van der Waals surface area contributed by atoms with E-state index in [1.165, 1.54) is 25.7 Å². The van der Waals surface area contributed by atoms with Crippen LogP contribution < -0.4 is 10.2 Å². The Kier molecular flexibility index (Phi) is 6.22. The Hall–Kier alpha value is -2.22. The molecule has 4 heterocycles. The number of rotatable bonds is 5. The number of nitrogens with one attached hydrogen (secondary N) is 1. The van der Waals surface area contributed by atoms with Crippen molar-refractivity contribution in [1.29, 1.82) is 0 Å². The highest BCUT2D eigenvalue weighted by Gasteiger charge is 2.63. The van der Waals surface area contributed by atoms with E-state index < -0.39 is 0 Å². The Morgan fingerprint density at radius 3 is 2.80 bits per heavy atom. The van der Waals surface area contributed by atoms with Gasteiger partial charge in [0.25, 0.3) is 6.47 Å². The standard InChI is InChI=1S/C21H30N4O2.CH2O2/c1-14-20(23-9-8-22-14)25-12-17-16(18-6-7-21(17,13-25)27-18)11-24-19(26)10-15-4-2-3-5-15;2-1-3/h8-9,15-18H,2-7,10-13H2,1H3,(H,24,26);1H,(H,2,3)/t16-,17+,18+,21+;/m0./s1. The number of hydrogen-bond acceptors (Lipinski definition) is 6. The van der Waals surface area contributed by atoms with Gasteiger partial charge in [-0.2, -0.15) is 0 Å². The molecule has 0 aromatic carbocycles. The van der Waals surface area contributed by atoms with Crippen LogP contribution in [0.25, 0.3) is 0 Å². The summed E-state index contributed by atoms with van der Waals surface area (Å²) in [6.45, 7) is 4.39. The van der Waals surface area contributed by atoms with Gasteiger partial charge in [0.05, 0.1) is 17.4 Å². The van der Waals surface area contributed by atoms with Crippen molar-refractivity contribution in [1.82, 2.24) is 15.3 Å². The van der Waals surface area contributed by atoms with Crippen molar-refractivity contribution in [3.63, 3.8) is 0 Å². The minimum atomic E-state index is -0.250. The molecular formula is C22H32N4O4. The van der Waals surface area contributed by atoms with Crippen LogP contribution in [0.4, 0.5) is 5.82 Å². The van der Waals surface area contributed by atoms with Crippen LogP contribution >= 0.6 is 0 Å². The Morgan fingerprint density at radius 2 is 2.07 bits per heavy atom. The molecule has 1 saturated carbocycles. The number of ether oxygens (including phenoxy) is 1. The first-order chi connectivity index (χ1) is 14.6. The molecule has 5 rings (SSSR count). The molecule has 3 saturated heterocycles. The molecule has 3 aliphatic heterocycles. The topological polar surface area (TPSA) is 105 Å². The molecule has 0 radical (unpaired) electrons. The van der Waals surface area contributed by atoms with Gasteiger partial charge in [0.1, 0.15) is 5.82 Å². The first kappa shape index (κ1) is 21.0. The van der Waals surface area contributed by atoms with E-state index in [0.717, 1.165) is 44.0 Å². The molecule has 2 N–H and O–H groups in total. The van der Waals surface area contributed by atoms with Crippen molar-refractivity contribution in [2.45, 2.75) is 63.6 Å². The monoisotopic (exact) mass is 416 g/mol. The van der Waals surface area contributed by atoms with E-state index in [4.69, 9.17) is 14.6 Å². The lowest BCUT2D eigenvalue weighted by molar-refractivity contribution is -0.123. The van der Waals surface area contributed by atoms with Gasteiger partial charge < -0.3 is 20.1 Å². The molecule has 4 fully saturated rings. The number of fused-ring (bicyclic) bond motifs is 1. The molecule has 8 heteroatoms. The third-order valence-electron chi connectivity index (χ3n) is 7.42. The fraction of sp³-hybridized carbons (Fsp3) is 0.727. The molecule has 2 bridgehead atoms. The number of carbonyl (C=O) groups excluding carboxylic acids is 1. The second-order valence-corrected chi connectivity index (χ2v) is 9.14. The van der Waals surface area contributed by atoms with E-state index in [-0.39, 0.29) is 18.0 Å². The van der Waals surface area contributed by atoms with Gasteiger partial charge in [-0.3, -0.25) is 14.6 Å². The van der Waals surface area contributed by atoms with Crippen molar-refractivity contribution in [3.05, 3.63) is 18.1 Å². The van der Waals surface area contributed by atoms with Gasteiger partial charge in [0.2, 0.25) is 5.91 Å². The summed E-state index contributed by atoms with van der Waals surface area (Å²) >= 11 is 0. The highest BCUT2D eigenvalue weighted by atomic mass is 16.5. The maximum atomic E-state index is 12.4. The molecule has 0 unspecified atom stereocenters. The third kappa shape index (κ3) is 4.02. The van der Waals surface area contributed by atoms with Crippen LogP contribution in [-0.4, -0.2) is 58.8 Å². The number of carboxylic acid groups (broad SMARTS) is 1. The van der Waals surface area contributed by atoms with Crippen LogP contribution in [0.5, 0.6) is 0 Å². The molecule has 1 spiro atoms. The van der Waals surface area contributed by atoms with Gasteiger partial charge in [-0.25, -0.2) is 4.98 Å². The smallest absolute Gasteiger partial charge is 0.290 e. The molecule has 1 aromatic rings. The summed E-state index contributed by atoms with van der Waals surface area (Å²) in [6.07, 6.45) is 11.8. The Labute approximate surface area is 177 Å². The number of amides is 1. The van der Waals surface area contributed by atoms with Crippen LogP contribution in [0.1, 0.15) is 50.6 Å². The molecule has 164 valence electrons. The minimum absolute atomic E-state index is 0.0462. The number of anilines is 1.